The van der Waals surface area contributed by atoms with E-state index in [1.807, 2.05) is 0 Å². The average molecular weight is 959 g/mol. The smallest absolute Gasteiger partial charge is 0.457 e. The lowest BCUT2D eigenvalue weighted by atomic mass is 10.0. The van der Waals surface area contributed by atoms with Crippen molar-refractivity contribution in [3.05, 3.63) is 0 Å². The Labute approximate surface area is 411 Å². The van der Waals surface area contributed by atoms with E-state index in [0.717, 1.165) is 32.1 Å². The largest absolute Gasteiger partial charge is 0.472 e. The van der Waals surface area contributed by atoms with Crippen LogP contribution in [0.4, 0.5) is 0 Å². The molecule has 8 nitrogen and oxygen atoms in total. The molecule has 0 aromatic heterocycles. The van der Waals surface area contributed by atoms with Crippen molar-refractivity contribution in [3.63, 3.8) is 0 Å². The lowest BCUT2D eigenvalue weighted by Gasteiger charge is -2.20. The number of hydrogen-bond acceptors (Lipinski definition) is 7. The van der Waals surface area contributed by atoms with E-state index in [4.69, 9.17) is 24.3 Å². The number of carbonyl (C=O) groups excluding carboxylic acids is 1. The minimum atomic E-state index is -4.28. The zero-order chi connectivity index (χ0) is 48.0. The van der Waals surface area contributed by atoms with Gasteiger partial charge in [-0.25, -0.2) is 4.57 Å². The summed E-state index contributed by atoms with van der Waals surface area (Å²) in [5, 5.41) is 0. The van der Waals surface area contributed by atoms with Crippen LogP contribution in [0.25, 0.3) is 0 Å². The standard InChI is InChI=1S/C57H116NO7P/c1-3-5-7-9-11-13-15-17-19-21-23-24-25-26-27-28-29-30-31-32-33-34-36-38-40-42-44-46-48-50-57(59)65-56(55-64-66(60,61)63-53-51-58)54-62-52-49-47-45-43-41-39-37-35-22-20-18-16-14-12-10-8-6-4-2/h56H,3-55,58H2,1-2H3,(H,60,61)/t56-/m1/s1. The van der Waals surface area contributed by atoms with Crippen LogP contribution in [0, 0.1) is 0 Å². The third-order valence-corrected chi connectivity index (χ3v) is 14.5. The molecule has 0 saturated heterocycles. The SMILES string of the molecule is CCCCCCCCCCCCCCCCCCCCCCCCCCCCCCCC(=O)O[C@H](COCCCCCCCCCCCCCCCCCCCC)COP(=O)(O)OCCN. The van der Waals surface area contributed by atoms with Crippen molar-refractivity contribution in [3.8, 4) is 0 Å². The fourth-order valence-electron chi connectivity index (χ4n) is 9.18. The van der Waals surface area contributed by atoms with Crippen molar-refractivity contribution in [2.24, 2.45) is 5.73 Å². The maximum atomic E-state index is 12.7. The number of hydrogen-bond donors (Lipinski definition) is 2. The minimum Gasteiger partial charge on any atom is -0.457 e. The second kappa shape index (κ2) is 55.4. The lowest BCUT2D eigenvalue weighted by Crippen LogP contribution is -2.28. The number of rotatable bonds is 58. The maximum Gasteiger partial charge on any atom is 0.472 e. The molecule has 66 heavy (non-hydrogen) atoms. The van der Waals surface area contributed by atoms with Gasteiger partial charge in [-0.15, -0.1) is 0 Å². The molecule has 9 heteroatoms. The Hall–Kier alpha value is -0.500. The summed E-state index contributed by atoms with van der Waals surface area (Å²) >= 11 is 0. The van der Waals surface area contributed by atoms with Crippen LogP contribution in [-0.4, -0.2) is 49.9 Å². The highest BCUT2D eigenvalue weighted by molar-refractivity contribution is 7.47. The van der Waals surface area contributed by atoms with Crippen molar-refractivity contribution in [2.45, 2.75) is 328 Å². The summed E-state index contributed by atoms with van der Waals surface area (Å²) in [6.07, 6.45) is 63.1. The molecule has 0 aromatic rings. The van der Waals surface area contributed by atoms with Gasteiger partial charge in [0.05, 0.1) is 19.8 Å². The molecule has 1 unspecified atom stereocenters. The van der Waals surface area contributed by atoms with Gasteiger partial charge in [0.15, 0.2) is 0 Å². The van der Waals surface area contributed by atoms with Gasteiger partial charge in [0, 0.05) is 19.6 Å². The molecule has 0 aliphatic carbocycles. The molecule has 0 aliphatic heterocycles. The molecule has 0 aromatic carbocycles. The molecular formula is C57H116NO7P. The van der Waals surface area contributed by atoms with Gasteiger partial charge >= 0.3 is 13.8 Å². The zero-order valence-electron chi connectivity index (χ0n) is 44.5. The maximum absolute atomic E-state index is 12.7. The molecule has 0 fully saturated rings. The number of carbonyl (C=O) groups is 1. The summed E-state index contributed by atoms with van der Waals surface area (Å²) in [5.41, 5.74) is 5.40. The van der Waals surface area contributed by atoms with Gasteiger partial charge in [0.25, 0.3) is 0 Å². The summed E-state index contributed by atoms with van der Waals surface area (Å²) < 4.78 is 33.7. The Bertz CT molecular complexity index is 986. The van der Waals surface area contributed by atoms with E-state index in [1.54, 1.807) is 0 Å². The summed E-state index contributed by atoms with van der Waals surface area (Å²) in [6.45, 7) is 5.02. The Balaban J connectivity index is 3.77. The molecule has 0 radical (unpaired) electrons. The first-order chi connectivity index (χ1) is 32.4. The first-order valence-corrected chi connectivity index (χ1v) is 31.0. The van der Waals surface area contributed by atoms with Gasteiger partial charge in [0.2, 0.25) is 0 Å². The van der Waals surface area contributed by atoms with Crippen LogP contribution in [-0.2, 0) is 27.9 Å². The first kappa shape index (κ1) is 65.5. The molecule has 0 amide bonds. The van der Waals surface area contributed by atoms with E-state index in [1.165, 1.54) is 270 Å². The van der Waals surface area contributed by atoms with Crippen molar-refractivity contribution >= 4 is 13.8 Å². The Morgan fingerprint density at radius 2 is 0.667 bits per heavy atom. The fourth-order valence-corrected chi connectivity index (χ4v) is 9.95. The monoisotopic (exact) mass is 958 g/mol. The van der Waals surface area contributed by atoms with E-state index in [9.17, 15) is 14.3 Å². The van der Waals surface area contributed by atoms with E-state index in [0.29, 0.717) is 13.0 Å². The van der Waals surface area contributed by atoms with E-state index >= 15 is 0 Å². The Kier molecular flexibility index (Phi) is 55.0. The lowest BCUT2D eigenvalue weighted by molar-refractivity contribution is -0.154. The topological polar surface area (TPSA) is 117 Å². The van der Waals surface area contributed by atoms with Crippen LogP contribution >= 0.6 is 7.82 Å². The molecular weight excluding hydrogens is 842 g/mol. The van der Waals surface area contributed by atoms with Crippen molar-refractivity contribution < 1.29 is 32.8 Å². The van der Waals surface area contributed by atoms with Crippen LogP contribution in [0.2, 0.25) is 0 Å². The minimum absolute atomic E-state index is 0.0895. The van der Waals surface area contributed by atoms with E-state index in [-0.39, 0.29) is 32.3 Å². The summed E-state index contributed by atoms with van der Waals surface area (Å²) in [4.78, 5) is 22.7. The van der Waals surface area contributed by atoms with Crippen molar-refractivity contribution in [1.82, 2.24) is 0 Å². The van der Waals surface area contributed by atoms with Crippen LogP contribution in [0.1, 0.15) is 322 Å². The number of nitrogens with two attached hydrogens (primary N) is 1. The molecule has 396 valence electrons. The highest BCUT2D eigenvalue weighted by atomic mass is 31.2. The average Bonchev–Trinajstić information content (AvgIpc) is 3.31. The number of phosphoric acid groups is 1. The molecule has 0 rings (SSSR count). The number of phosphoric ester groups is 1. The summed E-state index contributed by atoms with van der Waals surface area (Å²) in [5.74, 6) is -0.318. The molecule has 0 heterocycles. The molecule has 0 saturated carbocycles. The normalized spacial score (nSPS) is 13.1. The quantitative estimate of drug-likeness (QED) is 0.0352. The third-order valence-electron chi connectivity index (χ3n) is 13.5. The first-order valence-electron chi connectivity index (χ1n) is 29.5. The van der Waals surface area contributed by atoms with Gasteiger partial charge in [0.1, 0.15) is 6.10 Å². The third kappa shape index (κ3) is 54.4. The van der Waals surface area contributed by atoms with Gasteiger partial charge in [-0.05, 0) is 12.8 Å². The zero-order valence-corrected chi connectivity index (χ0v) is 45.4. The van der Waals surface area contributed by atoms with Crippen LogP contribution in [0.5, 0.6) is 0 Å². The van der Waals surface area contributed by atoms with Gasteiger partial charge in [-0.3, -0.25) is 13.8 Å². The summed E-state index contributed by atoms with van der Waals surface area (Å²) in [6, 6.07) is 0. The van der Waals surface area contributed by atoms with Crippen LogP contribution < -0.4 is 5.73 Å². The van der Waals surface area contributed by atoms with Crippen molar-refractivity contribution in [2.75, 3.05) is 33.0 Å². The summed E-state index contributed by atoms with van der Waals surface area (Å²) in [7, 11) is -4.28. The molecule has 0 bridgehead atoms. The second-order valence-electron chi connectivity index (χ2n) is 20.2. The van der Waals surface area contributed by atoms with Crippen LogP contribution in [0.15, 0.2) is 0 Å². The van der Waals surface area contributed by atoms with Crippen LogP contribution in [0.3, 0.4) is 0 Å². The number of esters is 1. The molecule has 3 N–H and O–H groups in total. The van der Waals surface area contributed by atoms with E-state index < -0.39 is 13.9 Å². The fraction of sp³-hybridized carbons (Fsp3) is 0.982. The highest BCUT2D eigenvalue weighted by Gasteiger charge is 2.25. The van der Waals surface area contributed by atoms with Gasteiger partial charge < -0.3 is 20.1 Å². The van der Waals surface area contributed by atoms with Gasteiger partial charge in [-0.1, -0.05) is 303 Å². The predicted octanol–water partition coefficient (Wildman–Crippen LogP) is 18.8. The Morgan fingerprint density at radius 3 is 0.955 bits per heavy atom. The molecule has 0 spiro atoms. The second-order valence-corrected chi connectivity index (χ2v) is 21.7. The van der Waals surface area contributed by atoms with Crippen molar-refractivity contribution in [1.29, 1.82) is 0 Å². The molecule has 2 atom stereocenters. The van der Waals surface area contributed by atoms with Gasteiger partial charge in [-0.2, -0.15) is 0 Å². The number of unbranched alkanes of at least 4 members (excludes halogenated alkanes) is 45. The van der Waals surface area contributed by atoms with E-state index in [2.05, 4.69) is 13.8 Å². The molecule has 0 aliphatic rings. The predicted molar refractivity (Wildman–Crippen MR) is 284 cm³/mol. The number of ether oxygens (including phenoxy) is 2. The highest BCUT2D eigenvalue weighted by Crippen LogP contribution is 2.43. The Morgan fingerprint density at radius 1 is 0.394 bits per heavy atom.